The molecule has 1 saturated heterocycles. The third-order valence-electron chi connectivity index (χ3n) is 5.21. The maximum Gasteiger partial charge on any atom is 0.225 e. The minimum absolute atomic E-state index is 0.841. The van der Waals surface area contributed by atoms with Crippen molar-refractivity contribution in [3.63, 3.8) is 0 Å². The van der Waals surface area contributed by atoms with Crippen LogP contribution in [0.5, 0.6) is 0 Å². The number of aromatic nitrogens is 2. The number of likely N-dealkylation sites (N-methyl/N-ethyl adjacent to an activating group) is 1. The molecule has 0 atom stereocenters. The zero-order chi connectivity index (χ0) is 18.6. The van der Waals surface area contributed by atoms with Gasteiger partial charge in [-0.2, -0.15) is 0 Å². The van der Waals surface area contributed by atoms with E-state index in [1.807, 2.05) is 12.3 Å². The van der Waals surface area contributed by atoms with Gasteiger partial charge in [0.05, 0.1) is 5.69 Å². The first-order chi connectivity index (χ1) is 13.2. The number of hydrogen-bond acceptors (Lipinski definition) is 5. The molecule has 27 heavy (non-hydrogen) atoms. The second-order valence-electron chi connectivity index (χ2n) is 7.44. The van der Waals surface area contributed by atoms with Gasteiger partial charge >= 0.3 is 0 Å². The highest BCUT2D eigenvalue weighted by molar-refractivity contribution is 5.86. The molecule has 140 valence electrons. The highest BCUT2D eigenvalue weighted by Crippen LogP contribution is 2.24. The van der Waals surface area contributed by atoms with Gasteiger partial charge in [0.2, 0.25) is 5.95 Å². The molecule has 0 N–H and O–H groups in total. The zero-order valence-corrected chi connectivity index (χ0v) is 16.2. The van der Waals surface area contributed by atoms with Crippen molar-refractivity contribution in [2.45, 2.75) is 0 Å². The van der Waals surface area contributed by atoms with Crippen LogP contribution in [0.4, 0.5) is 5.95 Å². The summed E-state index contributed by atoms with van der Waals surface area (Å²) in [5.74, 6) is 0.841. The maximum absolute atomic E-state index is 4.86. The van der Waals surface area contributed by atoms with Crippen LogP contribution in [0, 0.1) is 0 Å². The molecule has 2 heterocycles. The Hall–Kier alpha value is -2.50. The number of hydrogen-bond donors (Lipinski definition) is 0. The molecule has 2 aromatic carbocycles. The average molecular weight is 361 g/mol. The molecular weight excluding hydrogens is 334 g/mol. The largest absolute Gasteiger partial charge is 0.338 e. The number of piperazine rings is 1. The van der Waals surface area contributed by atoms with Crippen LogP contribution in [0.15, 0.2) is 54.7 Å². The van der Waals surface area contributed by atoms with Crippen molar-refractivity contribution >= 4 is 16.7 Å². The molecule has 4 rings (SSSR count). The molecular formula is C22H27N5. The fourth-order valence-electron chi connectivity index (χ4n) is 3.52. The molecule has 3 aromatic rings. The lowest BCUT2D eigenvalue weighted by atomic mass is 10.1. The molecule has 0 aliphatic carbocycles. The Balaban J connectivity index is 1.48. The monoisotopic (exact) mass is 361 g/mol. The Labute approximate surface area is 161 Å². The first-order valence-corrected chi connectivity index (χ1v) is 9.63. The van der Waals surface area contributed by atoms with E-state index < -0.39 is 0 Å². The number of rotatable bonds is 5. The van der Waals surface area contributed by atoms with Crippen LogP contribution in [0.1, 0.15) is 0 Å². The molecule has 0 unspecified atom stereocenters. The maximum atomic E-state index is 4.86. The molecule has 0 bridgehead atoms. The van der Waals surface area contributed by atoms with Crippen LogP contribution in [0.2, 0.25) is 0 Å². The van der Waals surface area contributed by atoms with Crippen molar-refractivity contribution in [2.75, 3.05) is 58.3 Å². The van der Waals surface area contributed by atoms with Gasteiger partial charge in [-0.05, 0) is 37.0 Å². The summed E-state index contributed by atoms with van der Waals surface area (Å²) in [6.45, 7) is 6.32. The minimum Gasteiger partial charge on any atom is -0.338 e. The first kappa shape index (κ1) is 17.9. The van der Waals surface area contributed by atoms with E-state index in [1.165, 1.54) is 10.8 Å². The summed E-state index contributed by atoms with van der Waals surface area (Å²) in [6.07, 6.45) is 1.88. The highest BCUT2D eigenvalue weighted by atomic mass is 15.3. The predicted octanol–water partition coefficient (Wildman–Crippen LogP) is 2.98. The first-order valence-electron chi connectivity index (χ1n) is 9.63. The van der Waals surface area contributed by atoms with Crippen LogP contribution in [-0.4, -0.2) is 73.1 Å². The Bertz CT molecular complexity index is 900. The summed E-state index contributed by atoms with van der Waals surface area (Å²) >= 11 is 0. The smallest absolute Gasteiger partial charge is 0.225 e. The fraction of sp³-hybridized carbons (Fsp3) is 0.364. The lowest BCUT2D eigenvalue weighted by molar-refractivity contribution is 0.229. The van der Waals surface area contributed by atoms with E-state index in [9.17, 15) is 0 Å². The number of anilines is 1. The van der Waals surface area contributed by atoms with Gasteiger partial charge in [0.1, 0.15) is 0 Å². The predicted molar refractivity (Wildman–Crippen MR) is 112 cm³/mol. The van der Waals surface area contributed by atoms with E-state index in [-0.39, 0.29) is 0 Å². The van der Waals surface area contributed by atoms with Crippen LogP contribution in [0.3, 0.4) is 0 Å². The fourth-order valence-corrected chi connectivity index (χ4v) is 3.52. The van der Waals surface area contributed by atoms with E-state index in [4.69, 9.17) is 4.98 Å². The second-order valence-corrected chi connectivity index (χ2v) is 7.44. The van der Waals surface area contributed by atoms with Crippen LogP contribution >= 0.6 is 0 Å². The second kappa shape index (κ2) is 8.03. The van der Waals surface area contributed by atoms with E-state index in [0.29, 0.717) is 0 Å². The lowest BCUT2D eigenvalue weighted by Gasteiger charge is -2.35. The highest BCUT2D eigenvalue weighted by Gasteiger charge is 2.19. The van der Waals surface area contributed by atoms with Crippen LogP contribution in [-0.2, 0) is 0 Å². The standard InChI is InChI=1S/C22H27N5/c1-25(2)11-12-26-13-15-27(16-14-26)22-23-10-9-21(24-22)20-8-7-18-5-3-4-6-19(18)17-20/h3-10,17H,11-16H2,1-2H3. The molecule has 0 radical (unpaired) electrons. The summed E-state index contributed by atoms with van der Waals surface area (Å²) < 4.78 is 0. The van der Waals surface area contributed by atoms with Gasteiger partial charge in [0.25, 0.3) is 0 Å². The molecule has 0 amide bonds. The molecule has 0 saturated carbocycles. The Morgan fingerprint density at radius 3 is 2.48 bits per heavy atom. The summed E-state index contributed by atoms with van der Waals surface area (Å²) in [7, 11) is 4.25. The van der Waals surface area contributed by atoms with Gasteiger partial charge in [-0.15, -0.1) is 0 Å². The van der Waals surface area contributed by atoms with E-state index in [2.05, 4.69) is 76.2 Å². The van der Waals surface area contributed by atoms with E-state index in [1.54, 1.807) is 0 Å². The Kier molecular flexibility index (Phi) is 5.32. The van der Waals surface area contributed by atoms with Crippen LogP contribution in [0.25, 0.3) is 22.0 Å². The Morgan fingerprint density at radius 1 is 0.926 bits per heavy atom. The van der Waals surface area contributed by atoms with Crippen molar-refractivity contribution in [1.82, 2.24) is 19.8 Å². The molecule has 1 aliphatic rings. The molecule has 0 spiro atoms. The van der Waals surface area contributed by atoms with Crippen LogP contribution < -0.4 is 4.90 Å². The van der Waals surface area contributed by atoms with Gasteiger partial charge < -0.3 is 9.80 Å². The van der Waals surface area contributed by atoms with Gasteiger partial charge in [0.15, 0.2) is 0 Å². The lowest BCUT2D eigenvalue weighted by Crippen LogP contribution is -2.48. The minimum atomic E-state index is 0.841. The summed E-state index contributed by atoms with van der Waals surface area (Å²) in [5.41, 5.74) is 2.13. The van der Waals surface area contributed by atoms with Gasteiger partial charge in [-0.3, -0.25) is 4.90 Å². The molecule has 1 fully saturated rings. The quantitative estimate of drug-likeness (QED) is 0.698. The van der Waals surface area contributed by atoms with Gasteiger partial charge in [-0.1, -0.05) is 36.4 Å². The number of fused-ring (bicyclic) bond motifs is 1. The summed E-state index contributed by atoms with van der Waals surface area (Å²) in [4.78, 5) is 16.5. The van der Waals surface area contributed by atoms with E-state index >= 15 is 0 Å². The third kappa shape index (κ3) is 4.26. The zero-order valence-electron chi connectivity index (χ0n) is 16.2. The topological polar surface area (TPSA) is 35.5 Å². The van der Waals surface area contributed by atoms with Gasteiger partial charge in [0, 0.05) is 51.0 Å². The van der Waals surface area contributed by atoms with Crippen molar-refractivity contribution in [3.8, 4) is 11.3 Å². The molecule has 5 nitrogen and oxygen atoms in total. The Morgan fingerprint density at radius 2 is 1.70 bits per heavy atom. The van der Waals surface area contributed by atoms with Crippen molar-refractivity contribution in [1.29, 1.82) is 0 Å². The SMILES string of the molecule is CN(C)CCN1CCN(c2nccc(-c3ccc4ccccc4c3)n2)CC1. The summed E-state index contributed by atoms with van der Waals surface area (Å²) in [6, 6.07) is 17.0. The van der Waals surface area contributed by atoms with Gasteiger partial charge in [-0.25, -0.2) is 9.97 Å². The van der Waals surface area contributed by atoms with Crippen molar-refractivity contribution in [3.05, 3.63) is 54.7 Å². The third-order valence-corrected chi connectivity index (χ3v) is 5.21. The average Bonchev–Trinajstić information content (AvgIpc) is 2.72. The van der Waals surface area contributed by atoms with E-state index in [0.717, 1.165) is 56.5 Å². The van der Waals surface area contributed by atoms with Crippen molar-refractivity contribution < 1.29 is 0 Å². The van der Waals surface area contributed by atoms with Crippen molar-refractivity contribution in [2.24, 2.45) is 0 Å². The number of nitrogens with zero attached hydrogens (tertiary/aromatic N) is 5. The molecule has 1 aliphatic heterocycles. The number of benzene rings is 2. The molecule has 1 aromatic heterocycles. The normalized spacial score (nSPS) is 15.6. The summed E-state index contributed by atoms with van der Waals surface area (Å²) in [5, 5.41) is 2.49. The molecule has 5 heteroatoms.